The number of halogens is 1. The van der Waals surface area contributed by atoms with E-state index in [1.54, 1.807) is 12.1 Å². The summed E-state index contributed by atoms with van der Waals surface area (Å²) in [5, 5.41) is 12.1. The van der Waals surface area contributed by atoms with Crippen molar-refractivity contribution in [2.24, 2.45) is 0 Å². The lowest BCUT2D eigenvalue weighted by Gasteiger charge is -2.28. The molecule has 26 heavy (non-hydrogen) atoms. The number of amides is 1. The first-order valence-corrected chi connectivity index (χ1v) is 9.07. The number of nitrogens with one attached hydrogen (secondary N) is 1. The average Bonchev–Trinajstić information content (AvgIpc) is 2.69. The van der Waals surface area contributed by atoms with Crippen LogP contribution in [0.4, 0.5) is 11.4 Å². The first-order chi connectivity index (χ1) is 12.7. The summed E-state index contributed by atoms with van der Waals surface area (Å²) >= 11 is 3.38. The van der Waals surface area contributed by atoms with Crippen LogP contribution in [0, 0.1) is 11.3 Å². The molecule has 1 aliphatic heterocycles. The molecule has 2 aromatic rings. The van der Waals surface area contributed by atoms with E-state index in [-0.39, 0.29) is 5.57 Å². The van der Waals surface area contributed by atoms with Gasteiger partial charge in [0.2, 0.25) is 0 Å². The van der Waals surface area contributed by atoms with Crippen molar-refractivity contribution in [3.8, 4) is 6.07 Å². The molecule has 132 valence electrons. The molecule has 0 saturated carbocycles. The van der Waals surface area contributed by atoms with Crippen molar-refractivity contribution < 1.29 is 9.53 Å². The van der Waals surface area contributed by atoms with E-state index in [0.717, 1.165) is 42.0 Å². The van der Waals surface area contributed by atoms with Gasteiger partial charge in [-0.1, -0.05) is 24.3 Å². The summed E-state index contributed by atoms with van der Waals surface area (Å²) in [6, 6.07) is 17.1. The van der Waals surface area contributed by atoms with Crippen molar-refractivity contribution in [3.05, 3.63) is 64.1 Å². The van der Waals surface area contributed by atoms with E-state index >= 15 is 0 Å². The van der Waals surface area contributed by atoms with Gasteiger partial charge in [-0.2, -0.15) is 5.26 Å². The SMILES string of the molecule is N#CC(=Cc1ccc(N2CCOCC2)cc1)C(=O)Nc1ccccc1Br. The molecule has 5 nitrogen and oxygen atoms in total. The number of para-hydroxylation sites is 1. The van der Waals surface area contributed by atoms with Crippen molar-refractivity contribution in [2.45, 2.75) is 0 Å². The molecule has 1 heterocycles. The third-order valence-corrected chi connectivity index (χ3v) is 4.76. The highest BCUT2D eigenvalue weighted by Crippen LogP contribution is 2.22. The maximum absolute atomic E-state index is 12.4. The van der Waals surface area contributed by atoms with E-state index in [9.17, 15) is 10.1 Å². The zero-order chi connectivity index (χ0) is 18.4. The molecule has 2 aromatic carbocycles. The molecule has 1 amide bonds. The van der Waals surface area contributed by atoms with E-state index in [1.807, 2.05) is 48.5 Å². The number of anilines is 2. The summed E-state index contributed by atoms with van der Waals surface area (Å²) in [6.07, 6.45) is 1.59. The zero-order valence-corrected chi connectivity index (χ0v) is 15.7. The molecule has 0 radical (unpaired) electrons. The van der Waals surface area contributed by atoms with E-state index in [1.165, 1.54) is 0 Å². The number of morpholine rings is 1. The highest BCUT2D eigenvalue weighted by atomic mass is 79.9. The van der Waals surface area contributed by atoms with Gasteiger partial charge >= 0.3 is 0 Å². The van der Waals surface area contributed by atoms with Gasteiger partial charge in [0.1, 0.15) is 11.6 Å². The Hall–Kier alpha value is -2.62. The third kappa shape index (κ3) is 4.51. The lowest BCUT2D eigenvalue weighted by molar-refractivity contribution is -0.112. The smallest absolute Gasteiger partial charge is 0.266 e. The predicted octanol–water partition coefficient (Wildman–Crippen LogP) is 3.83. The monoisotopic (exact) mass is 411 g/mol. The minimum absolute atomic E-state index is 0.0554. The van der Waals surface area contributed by atoms with Crippen LogP contribution in [0.1, 0.15) is 5.56 Å². The average molecular weight is 412 g/mol. The molecule has 6 heteroatoms. The third-order valence-electron chi connectivity index (χ3n) is 4.07. The molecule has 0 aromatic heterocycles. The zero-order valence-electron chi connectivity index (χ0n) is 14.1. The van der Waals surface area contributed by atoms with Gasteiger partial charge in [0.05, 0.1) is 18.9 Å². The lowest BCUT2D eigenvalue weighted by atomic mass is 10.1. The predicted molar refractivity (Wildman–Crippen MR) is 106 cm³/mol. The number of nitriles is 1. The number of carbonyl (C=O) groups is 1. The Labute approximate surface area is 161 Å². The summed E-state index contributed by atoms with van der Waals surface area (Å²) in [5.41, 5.74) is 2.60. The molecule has 1 aliphatic rings. The molecule has 0 spiro atoms. The van der Waals surface area contributed by atoms with Gasteiger partial charge in [0.15, 0.2) is 0 Å². The van der Waals surface area contributed by atoms with Crippen LogP contribution in [0.2, 0.25) is 0 Å². The van der Waals surface area contributed by atoms with Crippen LogP contribution in [-0.4, -0.2) is 32.2 Å². The van der Waals surface area contributed by atoms with Crippen LogP contribution in [0.15, 0.2) is 58.6 Å². The van der Waals surface area contributed by atoms with Crippen molar-refractivity contribution in [2.75, 3.05) is 36.5 Å². The normalized spacial score (nSPS) is 14.6. The van der Waals surface area contributed by atoms with E-state index < -0.39 is 5.91 Å². The number of hydrogen-bond donors (Lipinski definition) is 1. The second-order valence-corrected chi connectivity index (χ2v) is 6.65. The molecule has 1 N–H and O–H groups in total. The fraction of sp³-hybridized carbons (Fsp3) is 0.200. The summed E-state index contributed by atoms with van der Waals surface area (Å²) in [5.74, 6) is -0.434. The van der Waals surface area contributed by atoms with Crippen LogP contribution in [0.5, 0.6) is 0 Å². The highest BCUT2D eigenvalue weighted by Gasteiger charge is 2.12. The Kier molecular flexibility index (Phi) is 6.05. The largest absolute Gasteiger partial charge is 0.378 e. The number of hydrogen-bond acceptors (Lipinski definition) is 4. The first-order valence-electron chi connectivity index (χ1n) is 8.28. The number of rotatable bonds is 4. The Morgan fingerprint density at radius 1 is 1.15 bits per heavy atom. The maximum atomic E-state index is 12.4. The van der Waals surface area contributed by atoms with Crippen molar-refractivity contribution >= 4 is 39.3 Å². The second kappa shape index (κ2) is 8.65. The molecule has 0 unspecified atom stereocenters. The maximum Gasteiger partial charge on any atom is 0.266 e. The van der Waals surface area contributed by atoms with E-state index in [2.05, 4.69) is 26.1 Å². The molecule has 3 rings (SSSR count). The topological polar surface area (TPSA) is 65.4 Å². The first kappa shape index (κ1) is 18.2. The molecular weight excluding hydrogens is 394 g/mol. The number of benzene rings is 2. The Balaban J connectivity index is 1.73. The Morgan fingerprint density at radius 2 is 1.85 bits per heavy atom. The van der Waals surface area contributed by atoms with E-state index in [0.29, 0.717) is 5.69 Å². The summed E-state index contributed by atoms with van der Waals surface area (Å²) in [4.78, 5) is 14.6. The molecule has 0 bridgehead atoms. The van der Waals surface area contributed by atoms with Gasteiger partial charge in [-0.3, -0.25) is 4.79 Å². The molecule has 0 aliphatic carbocycles. The Morgan fingerprint density at radius 3 is 2.50 bits per heavy atom. The highest BCUT2D eigenvalue weighted by molar-refractivity contribution is 9.10. The van der Waals surface area contributed by atoms with Crippen LogP contribution in [0.3, 0.4) is 0 Å². The minimum atomic E-state index is -0.434. The van der Waals surface area contributed by atoms with Gasteiger partial charge in [-0.25, -0.2) is 0 Å². The molecule has 1 fully saturated rings. The molecular formula is C20H18BrN3O2. The van der Waals surface area contributed by atoms with Crippen molar-refractivity contribution in [1.82, 2.24) is 0 Å². The second-order valence-electron chi connectivity index (χ2n) is 5.79. The Bertz CT molecular complexity index is 850. The standard InChI is InChI=1S/C20H18BrN3O2/c21-18-3-1-2-4-19(18)23-20(25)16(14-22)13-15-5-7-17(8-6-15)24-9-11-26-12-10-24/h1-8,13H,9-12H2,(H,23,25). The number of ether oxygens (including phenoxy) is 1. The summed E-state index contributed by atoms with van der Waals surface area (Å²) < 4.78 is 6.13. The van der Waals surface area contributed by atoms with E-state index in [4.69, 9.17) is 4.74 Å². The molecule has 0 atom stereocenters. The molecule has 1 saturated heterocycles. The van der Waals surface area contributed by atoms with Crippen LogP contribution < -0.4 is 10.2 Å². The fourth-order valence-corrected chi connectivity index (χ4v) is 3.05. The number of carbonyl (C=O) groups excluding carboxylic acids is 1. The number of nitrogens with zero attached hydrogens (tertiary/aromatic N) is 2. The minimum Gasteiger partial charge on any atom is -0.378 e. The van der Waals surface area contributed by atoms with Gasteiger partial charge < -0.3 is 15.0 Å². The van der Waals surface area contributed by atoms with Gasteiger partial charge in [-0.05, 0) is 51.8 Å². The lowest BCUT2D eigenvalue weighted by Crippen LogP contribution is -2.36. The van der Waals surface area contributed by atoms with Crippen LogP contribution in [-0.2, 0) is 9.53 Å². The van der Waals surface area contributed by atoms with Gasteiger partial charge in [-0.15, -0.1) is 0 Å². The van der Waals surface area contributed by atoms with Gasteiger partial charge in [0, 0.05) is 23.2 Å². The van der Waals surface area contributed by atoms with Crippen molar-refractivity contribution in [3.63, 3.8) is 0 Å². The quantitative estimate of drug-likeness (QED) is 0.613. The fourth-order valence-electron chi connectivity index (χ4n) is 2.67. The summed E-state index contributed by atoms with van der Waals surface area (Å²) in [7, 11) is 0. The summed E-state index contributed by atoms with van der Waals surface area (Å²) in [6.45, 7) is 3.20. The van der Waals surface area contributed by atoms with Crippen molar-refractivity contribution in [1.29, 1.82) is 5.26 Å². The van der Waals surface area contributed by atoms with Crippen LogP contribution >= 0.6 is 15.9 Å². The van der Waals surface area contributed by atoms with Crippen LogP contribution in [0.25, 0.3) is 6.08 Å². The van der Waals surface area contributed by atoms with Gasteiger partial charge in [0.25, 0.3) is 5.91 Å².